The van der Waals surface area contributed by atoms with Crippen LogP contribution >= 0.6 is 0 Å². The van der Waals surface area contributed by atoms with Crippen LogP contribution in [-0.2, 0) is 4.74 Å². The average Bonchev–Trinajstić information content (AvgIpc) is 2.39. The molecule has 0 fully saturated rings. The molecule has 0 aliphatic heterocycles. The molecule has 0 aromatic heterocycles. The lowest BCUT2D eigenvalue weighted by molar-refractivity contribution is 0.0215. The number of hydrogen-bond donors (Lipinski definition) is 3. The number of rotatable bonds is 5. The minimum Gasteiger partial charge on any atom is -0.462 e. The third-order valence-electron chi connectivity index (χ3n) is 2.58. The normalized spacial score (nSPS) is 13.4. The largest absolute Gasteiger partial charge is 0.462 e. The van der Waals surface area contributed by atoms with Gasteiger partial charge in [-0.05, 0) is 24.6 Å². The van der Waals surface area contributed by atoms with Gasteiger partial charge in [0, 0.05) is 5.69 Å². The van der Waals surface area contributed by atoms with Crippen LogP contribution in [0.2, 0.25) is 0 Å². The minimum absolute atomic E-state index is 0.127. The Hall–Kier alpha value is -2.10. The Balaban J connectivity index is 3.02. The number of hydrogen-bond acceptors (Lipinski definition) is 6. The fourth-order valence-corrected chi connectivity index (χ4v) is 1.57. The number of nitrogens with zero attached hydrogens (tertiary/aromatic N) is 1. The van der Waals surface area contributed by atoms with Crippen molar-refractivity contribution in [1.82, 2.24) is 0 Å². The van der Waals surface area contributed by atoms with E-state index in [0.717, 1.165) is 0 Å². The second kappa shape index (κ2) is 6.73. The number of nitrogens with two attached hydrogens (primary N) is 1. The summed E-state index contributed by atoms with van der Waals surface area (Å²) in [5.41, 5.74) is 6.32. The van der Waals surface area contributed by atoms with E-state index in [1.165, 1.54) is 18.2 Å². The minimum atomic E-state index is -1.26. The van der Waals surface area contributed by atoms with Crippen molar-refractivity contribution in [3.05, 3.63) is 29.3 Å². The number of esters is 1. The molecule has 1 aromatic rings. The summed E-state index contributed by atoms with van der Waals surface area (Å²) in [5, 5.41) is 27.9. The van der Waals surface area contributed by atoms with E-state index in [2.05, 4.69) is 0 Å². The molecule has 6 heteroatoms. The van der Waals surface area contributed by atoms with Crippen LogP contribution in [0.4, 0.5) is 5.69 Å². The van der Waals surface area contributed by atoms with E-state index in [0.29, 0.717) is 5.56 Å². The standard InChI is InChI=1S/C13H16N2O4/c1-2-19-13(18)9-7-8(3-4-10(9)15)12(17)11(16)5-6-14/h3-4,7,11-12,16-17H,2,5,15H2,1H3. The molecule has 2 atom stereocenters. The zero-order valence-electron chi connectivity index (χ0n) is 10.5. The number of nitriles is 1. The second-order valence-corrected chi connectivity index (χ2v) is 3.94. The van der Waals surface area contributed by atoms with E-state index in [1.54, 1.807) is 13.0 Å². The number of ether oxygens (including phenoxy) is 1. The lowest BCUT2D eigenvalue weighted by Crippen LogP contribution is -2.18. The number of carbonyl (C=O) groups is 1. The maximum Gasteiger partial charge on any atom is 0.340 e. The molecule has 0 aliphatic rings. The number of aliphatic hydroxyl groups excluding tert-OH is 2. The van der Waals surface area contributed by atoms with Crippen molar-refractivity contribution < 1.29 is 19.7 Å². The molecule has 6 nitrogen and oxygen atoms in total. The van der Waals surface area contributed by atoms with Gasteiger partial charge in [0.15, 0.2) is 0 Å². The van der Waals surface area contributed by atoms with Gasteiger partial charge in [-0.3, -0.25) is 0 Å². The molecule has 2 unspecified atom stereocenters. The van der Waals surface area contributed by atoms with Gasteiger partial charge >= 0.3 is 5.97 Å². The number of aliphatic hydroxyl groups is 2. The highest BCUT2D eigenvalue weighted by Gasteiger charge is 2.20. The zero-order valence-corrected chi connectivity index (χ0v) is 10.5. The SMILES string of the molecule is CCOC(=O)c1cc(C(O)C(O)CC#N)ccc1N. The molecule has 19 heavy (non-hydrogen) atoms. The Morgan fingerprint density at radius 2 is 2.21 bits per heavy atom. The Morgan fingerprint density at radius 3 is 2.79 bits per heavy atom. The molecule has 1 aromatic carbocycles. The van der Waals surface area contributed by atoms with Crippen molar-refractivity contribution in [2.75, 3.05) is 12.3 Å². The number of benzene rings is 1. The molecule has 4 N–H and O–H groups in total. The van der Waals surface area contributed by atoms with Gasteiger partial charge in [0.2, 0.25) is 0 Å². The predicted octanol–water partition coefficient (Wildman–Crippen LogP) is 0.753. The third-order valence-corrected chi connectivity index (χ3v) is 2.58. The van der Waals surface area contributed by atoms with Gasteiger partial charge in [-0.25, -0.2) is 4.79 Å². The van der Waals surface area contributed by atoms with Crippen LogP contribution < -0.4 is 5.73 Å². The monoisotopic (exact) mass is 264 g/mol. The van der Waals surface area contributed by atoms with Crippen LogP contribution in [0.15, 0.2) is 18.2 Å². The molecular weight excluding hydrogens is 248 g/mol. The van der Waals surface area contributed by atoms with Crippen LogP contribution in [0.5, 0.6) is 0 Å². The van der Waals surface area contributed by atoms with Gasteiger partial charge in [0.25, 0.3) is 0 Å². The molecule has 102 valence electrons. The molecule has 0 spiro atoms. The predicted molar refractivity (Wildman–Crippen MR) is 68.0 cm³/mol. The summed E-state index contributed by atoms with van der Waals surface area (Å²) in [4.78, 5) is 11.6. The van der Waals surface area contributed by atoms with Crippen molar-refractivity contribution in [3.63, 3.8) is 0 Å². The fraction of sp³-hybridized carbons (Fsp3) is 0.385. The average molecular weight is 264 g/mol. The van der Waals surface area contributed by atoms with E-state index in [9.17, 15) is 15.0 Å². The molecule has 0 heterocycles. The molecule has 0 aliphatic carbocycles. The highest BCUT2D eigenvalue weighted by Crippen LogP contribution is 2.23. The van der Waals surface area contributed by atoms with Crippen LogP contribution in [0.25, 0.3) is 0 Å². The van der Waals surface area contributed by atoms with Crippen molar-refractivity contribution in [3.8, 4) is 6.07 Å². The van der Waals surface area contributed by atoms with Gasteiger partial charge in [-0.15, -0.1) is 0 Å². The molecule has 0 saturated heterocycles. The summed E-state index contributed by atoms with van der Waals surface area (Å²) in [6.07, 6.45) is -2.68. The van der Waals surface area contributed by atoms with E-state index >= 15 is 0 Å². The molecular formula is C13H16N2O4. The first-order valence-corrected chi connectivity index (χ1v) is 5.80. The van der Waals surface area contributed by atoms with Crippen molar-refractivity contribution in [2.45, 2.75) is 25.6 Å². The van der Waals surface area contributed by atoms with E-state index in [1.807, 2.05) is 0 Å². The van der Waals surface area contributed by atoms with Gasteiger partial charge in [-0.2, -0.15) is 5.26 Å². The van der Waals surface area contributed by atoms with Gasteiger partial charge in [-0.1, -0.05) is 6.07 Å². The highest BCUT2D eigenvalue weighted by molar-refractivity contribution is 5.95. The number of carbonyl (C=O) groups excluding carboxylic acids is 1. The van der Waals surface area contributed by atoms with Gasteiger partial charge in [0.1, 0.15) is 6.10 Å². The molecule has 0 radical (unpaired) electrons. The van der Waals surface area contributed by atoms with Crippen molar-refractivity contribution >= 4 is 11.7 Å². The fourth-order valence-electron chi connectivity index (χ4n) is 1.57. The quantitative estimate of drug-likeness (QED) is 0.533. The number of anilines is 1. The Labute approximate surface area is 111 Å². The molecule has 0 bridgehead atoms. The van der Waals surface area contributed by atoms with Crippen molar-refractivity contribution in [1.29, 1.82) is 5.26 Å². The molecule has 1 rings (SSSR count). The zero-order chi connectivity index (χ0) is 14.4. The van der Waals surface area contributed by atoms with E-state index < -0.39 is 18.2 Å². The molecule has 0 amide bonds. The third kappa shape index (κ3) is 3.68. The summed E-state index contributed by atoms with van der Waals surface area (Å²) < 4.78 is 4.84. The Kier molecular flexibility index (Phi) is 5.30. The first kappa shape index (κ1) is 15.0. The second-order valence-electron chi connectivity index (χ2n) is 3.94. The summed E-state index contributed by atoms with van der Waals surface area (Å²) in [6.45, 7) is 1.88. The van der Waals surface area contributed by atoms with Gasteiger partial charge in [0.05, 0.1) is 30.8 Å². The van der Waals surface area contributed by atoms with Crippen molar-refractivity contribution in [2.24, 2.45) is 0 Å². The summed E-state index contributed by atoms with van der Waals surface area (Å²) in [7, 11) is 0. The maximum absolute atomic E-state index is 11.6. The topological polar surface area (TPSA) is 117 Å². The first-order chi connectivity index (χ1) is 9.01. The Bertz CT molecular complexity index is 496. The lowest BCUT2D eigenvalue weighted by atomic mass is 9.99. The summed E-state index contributed by atoms with van der Waals surface area (Å²) in [6, 6.07) is 6.06. The Morgan fingerprint density at radius 1 is 1.53 bits per heavy atom. The molecule has 0 saturated carbocycles. The van der Waals surface area contributed by atoms with Crippen LogP contribution in [0.1, 0.15) is 35.4 Å². The van der Waals surface area contributed by atoms with E-state index in [4.69, 9.17) is 15.7 Å². The maximum atomic E-state index is 11.6. The van der Waals surface area contributed by atoms with Gasteiger partial charge < -0.3 is 20.7 Å². The van der Waals surface area contributed by atoms with E-state index in [-0.39, 0.29) is 24.3 Å². The lowest BCUT2D eigenvalue weighted by Gasteiger charge is -2.17. The summed E-state index contributed by atoms with van der Waals surface area (Å²) in [5.74, 6) is -0.594. The number of nitrogen functional groups attached to an aromatic ring is 1. The smallest absolute Gasteiger partial charge is 0.340 e. The summed E-state index contributed by atoms with van der Waals surface area (Å²) >= 11 is 0. The van der Waals surface area contributed by atoms with Crippen LogP contribution in [0.3, 0.4) is 0 Å². The van der Waals surface area contributed by atoms with Crippen LogP contribution in [0, 0.1) is 11.3 Å². The van der Waals surface area contributed by atoms with Crippen LogP contribution in [-0.4, -0.2) is 28.9 Å². The first-order valence-electron chi connectivity index (χ1n) is 5.80. The highest BCUT2D eigenvalue weighted by atomic mass is 16.5.